The van der Waals surface area contributed by atoms with E-state index in [2.05, 4.69) is 10.3 Å². The summed E-state index contributed by atoms with van der Waals surface area (Å²) < 4.78 is 0. The van der Waals surface area contributed by atoms with Crippen molar-refractivity contribution in [3.05, 3.63) is 64.5 Å². The quantitative estimate of drug-likeness (QED) is 0.643. The number of nitrogens with one attached hydrogen (secondary N) is 1. The molecule has 3 rings (SSSR count). The van der Waals surface area contributed by atoms with Crippen molar-refractivity contribution in [3.63, 3.8) is 0 Å². The summed E-state index contributed by atoms with van der Waals surface area (Å²) in [7, 11) is 0. The molecule has 0 saturated carbocycles. The Balaban J connectivity index is 1.68. The second-order valence-electron chi connectivity index (χ2n) is 4.88. The maximum absolute atomic E-state index is 12.0. The predicted molar refractivity (Wildman–Crippen MR) is 88.5 cm³/mol. The molecule has 0 fully saturated rings. The first kappa shape index (κ1) is 15.1. The fraction of sp³-hybridized carbons (Fsp3) is 0.0588. The number of hydrogen-bond donors (Lipinski definition) is 3. The van der Waals surface area contributed by atoms with Crippen LogP contribution in [-0.4, -0.2) is 21.1 Å². The maximum Gasteiger partial charge on any atom is 0.251 e. The van der Waals surface area contributed by atoms with Crippen LogP contribution in [0.25, 0.3) is 11.3 Å². The number of benzene rings is 2. The number of carbonyl (C=O) groups is 1. The van der Waals surface area contributed by atoms with E-state index in [4.69, 9.17) is 0 Å². The Morgan fingerprint density at radius 1 is 1.09 bits per heavy atom. The van der Waals surface area contributed by atoms with Crippen molar-refractivity contribution in [2.75, 3.05) is 0 Å². The van der Waals surface area contributed by atoms with Crippen molar-refractivity contribution in [1.82, 2.24) is 10.3 Å². The molecule has 0 aliphatic rings. The molecular weight excluding hydrogens is 312 g/mol. The lowest BCUT2D eigenvalue weighted by Crippen LogP contribution is -2.22. The number of aromatic hydroxyl groups is 2. The van der Waals surface area contributed by atoms with Crippen LogP contribution in [0.5, 0.6) is 11.5 Å². The fourth-order valence-corrected chi connectivity index (χ4v) is 2.80. The highest BCUT2D eigenvalue weighted by molar-refractivity contribution is 7.09. The zero-order valence-corrected chi connectivity index (χ0v) is 12.9. The molecule has 1 heterocycles. The van der Waals surface area contributed by atoms with Crippen LogP contribution in [-0.2, 0) is 6.54 Å². The van der Waals surface area contributed by atoms with E-state index in [9.17, 15) is 15.0 Å². The molecule has 0 saturated heterocycles. The monoisotopic (exact) mass is 326 g/mol. The standard InChI is InChI=1S/C17H14N2O3S/c20-14-7-6-12(8-15(14)21)13-10-23-16(19-13)9-18-17(22)11-4-2-1-3-5-11/h1-8,10,20-21H,9H2,(H,18,22). The molecule has 0 spiro atoms. The van der Waals surface area contributed by atoms with Gasteiger partial charge >= 0.3 is 0 Å². The van der Waals surface area contributed by atoms with E-state index in [1.807, 2.05) is 23.6 Å². The summed E-state index contributed by atoms with van der Waals surface area (Å²) in [6.07, 6.45) is 0. The van der Waals surface area contributed by atoms with E-state index in [1.165, 1.54) is 23.5 Å². The number of aromatic nitrogens is 1. The number of thiazole rings is 1. The lowest BCUT2D eigenvalue weighted by molar-refractivity contribution is 0.0951. The van der Waals surface area contributed by atoms with Crippen LogP contribution in [0.4, 0.5) is 0 Å². The molecule has 0 radical (unpaired) electrons. The summed E-state index contributed by atoms with van der Waals surface area (Å²) in [5.74, 6) is -0.501. The molecule has 3 N–H and O–H groups in total. The number of phenolic OH excluding ortho intramolecular Hbond substituents is 2. The van der Waals surface area contributed by atoms with Gasteiger partial charge in [-0.2, -0.15) is 0 Å². The Bertz CT molecular complexity index is 831. The van der Waals surface area contributed by atoms with Gasteiger partial charge in [-0.3, -0.25) is 4.79 Å². The van der Waals surface area contributed by atoms with Crippen molar-refractivity contribution in [2.24, 2.45) is 0 Å². The van der Waals surface area contributed by atoms with Gasteiger partial charge in [0.1, 0.15) is 5.01 Å². The third-order valence-corrected chi connectivity index (χ3v) is 4.11. The van der Waals surface area contributed by atoms with Crippen LogP contribution in [0.15, 0.2) is 53.9 Å². The Morgan fingerprint density at radius 3 is 2.61 bits per heavy atom. The van der Waals surface area contributed by atoms with Crippen LogP contribution in [0.1, 0.15) is 15.4 Å². The minimum absolute atomic E-state index is 0.148. The number of amides is 1. The Morgan fingerprint density at radius 2 is 1.87 bits per heavy atom. The first-order chi connectivity index (χ1) is 11.1. The van der Waals surface area contributed by atoms with Gasteiger partial charge < -0.3 is 15.5 Å². The van der Waals surface area contributed by atoms with E-state index in [0.717, 1.165) is 5.01 Å². The molecule has 3 aromatic rings. The van der Waals surface area contributed by atoms with E-state index in [1.54, 1.807) is 18.2 Å². The normalized spacial score (nSPS) is 10.4. The van der Waals surface area contributed by atoms with Crippen molar-refractivity contribution < 1.29 is 15.0 Å². The molecule has 1 amide bonds. The molecule has 0 unspecified atom stereocenters. The zero-order valence-electron chi connectivity index (χ0n) is 12.1. The lowest BCUT2D eigenvalue weighted by Gasteiger charge is -2.03. The van der Waals surface area contributed by atoms with Gasteiger partial charge in [0.25, 0.3) is 5.91 Å². The van der Waals surface area contributed by atoms with Crippen LogP contribution >= 0.6 is 11.3 Å². The third-order valence-electron chi connectivity index (χ3n) is 3.26. The molecule has 0 aliphatic carbocycles. The number of nitrogens with zero attached hydrogens (tertiary/aromatic N) is 1. The minimum Gasteiger partial charge on any atom is -0.504 e. The van der Waals surface area contributed by atoms with Crippen molar-refractivity contribution in [2.45, 2.75) is 6.54 Å². The average Bonchev–Trinajstić information content (AvgIpc) is 3.05. The third kappa shape index (κ3) is 3.49. The molecule has 0 atom stereocenters. The summed E-state index contributed by atoms with van der Waals surface area (Å²) in [6, 6.07) is 13.5. The van der Waals surface area contributed by atoms with Crippen LogP contribution in [0.3, 0.4) is 0 Å². The Labute approximate surface area is 136 Å². The minimum atomic E-state index is -0.186. The lowest BCUT2D eigenvalue weighted by atomic mass is 10.1. The molecule has 0 aliphatic heterocycles. The molecule has 0 bridgehead atoms. The van der Waals surface area contributed by atoms with Gasteiger partial charge in [-0.25, -0.2) is 4.98 Å². The summed E-state index contributed by atoms with van der Waals surface area (Å²) >= 11 is 1.42. The highest BCUT2D eigenvalue weighted by Gasteiger charge is 2.09. The molecule has 116 valence electrons. The largest absolute Gasteiger partial charge is 0.504 e. The number of carbonyl (C=O) groups excluding carboxylic acids is 1. The zero-order chi connectivity index (χ0) is 16.2. The summed E-state index contributed by atoms with van der Waals surface area (Å²) in [5, 5.41) is 24.3. The number of hydrogen-bond acceptors (Lipinski definition) is 5. The van der Waals surface area contributed by atoms with E-state index < -0.39 is 0 Å². The number of phenols is 2. The first-order valence-corrected chi connectivity index (χ1v) is 7.81. The topological polar surface area (TPSA) is 82.5 Å². The SMILES string of the molecule is O=C(NCc1nc(-c2ccc(O)c(O)c2)cs1)c1ccccc1. The van der Waals surface area contributed by atoms with Gasteiger partial charge in [0.2, 0.25) is 0 Å². The Hall–Kier alpha value is -2.86. The van der Waals surface area contributed by atoms with Crippen LogP contribution in [0, 0.1) is 0 Å². The second kappa shape index (κ2) is 6.50. The maximum atomic E-state index is 12.0. The molecule has 23 heavy (non-hydrogen) atoms. The van der Waals surface area contributed by atoms with Gasteiger partial charge in [0.15, 0.2) is 11.5 Å². The number of rotatable bonds is 4. The summed E-state index contributed by atoms with van der Waals surface area (Å²) in [4.78, 5) is 16.4. The highest BCUT2D eigenvalue weighted by atomic mass is 32.1. The molecule has 5 nitrogen and oxygen atoms in total. The Kier molecular flexibility index (Phi) is 4.25. The van der Waals surface area contributed by atoms with Crippen molar-refractivity contribution >= 4 is 17.2 Å². The molecule has 6 heteroatoms. The smallest absolute Gasteiger partial charge is 0.251 e. The highest BCUT2D eigenvalue weighted by Crippen LogP contribution is 2.30. The van der Waals surface area contributed by atoms with Crippen molar-refractivity contribution in [3.8, 4) is 22.8 Å². The van der Waals surface area contributed by atoms with Gasteiger partial charge in [0.05, 0.1) is 12.2 Å². The molecule has 2 aromatic carbocycles. The van der Waals surface area contributed by atoms with Crippen molar-refractivity contribution in [1.29, 1.82) is 0 Å². The first-order valence-electron chi connectivity index (χ1n) is 6.93. The van der Waals surface area contributed by atoms with Gasteiger partial charge in [0, 0.05) is 16.5 Å². The second-order valence-corrected chi connectivity index (χ2v) is 5.82. The van der Waals surface area contributed by atoms with E-state index in [0.29, 0.717) is 23.4 Å². The molecule has 1 aromatic heterocycles. The summed E-state index contributed by atoms with van der Waals surface area (Å²) in [5.41, 5.74) is 2.00. The van der Waals surface area contributed by atoms with E-state index >= 15 is 0 Å². The van der Waals surface area contributed by atoms with Crippen LogP contribution in [0.2, 0.25) is 0 Å². The van der Waals surface area contributed by atoms with Gasteiger partial charge in [-0.05, 0) is 30.3 Å². The molecular formula is C17H14N2O3S. The van der Waals surface area contributed by atoms with Crippen LogP contribution < -0.4 is 5.32 Å². The van der Waals surface area contributed by atoms with Gasteiger partial charge in [-0.15, -0.1) is 11.3 Å². The fourth-order valence-electron chi connectivity index (χ4n) is 2.05. The predicted octanol–water partition coefficient (Wildman–Crippen LogP) is 3.15. The summed E-state index contributed by atoms with van der Waals surface area (Å²) in [6.45, 7) is 0.336. The van der Waals surface area contributed by atoms with Gasteiger partial charge in [-0.1, -0.05) is 18.2 Å². The van der Waals surface area contributed by atoms with E-state index in [-0.39, 0.29) is 17.4 Å². The average molecular weight is 326 g/mol.